The third kappa shape index (κ3) is 1.53. The van der Waals surface area contributed by atoms with Gasteiger partial charge in [0, 0.05) is 0 Å². The Labute approximate surface area is 99.5 Å². The summed E-state index contributed by atoms with van der Waals surface area (Å²) in [6, 6.07) is 7.13. The Morgan fingerprint density at radius 1 is 0.500 bits per heavy atom. The summed E-state index contributed by atoms with van der Waals surface area (Å²) >= 11 is 0. The van der Waals surface area contributed by atoms with E-state index in [1.54, 1.807) is 0 Å². The summed E-state index contributed by atoms with van der Waals surface area (Å²) in [6.45, 7) is 0. The summed E-state index contributed by atoms with van der Waals surface area (Å²) in [6.07, 6.45) is 0. The minimum absolute atomic E-state index is 0.352. The number of rotatable bonds is 0. The number of halogens is 4. The van der Waals surface area contributed by atoms with Crippen LogP contribution in [-0.4, -0.2) is 0 Å². The second-order valence-electron chi connectivity index (χ2n) is 4.04. The fraction of sp³-hybridized carbons (Fsp3) is 0. The average Bonchev–Trinajstić information content (AvgIpc) is 2.33. The first-order chi connectivity index (χ1) is 8.56. The van der Waals surface area contributed by atoms with Gasteiger partial charge in [-0.15, -0.1) is 0 Å². The highest BCUT2D eigenvalue weighted by Crippen LogP contribution is 2.28. The van der Waals surface area contributed by atoms with Crippen LogP contribution >= 0.6 is 0 Å². The number of fused-ring (bicyclic) bond motifs is 3. The highest BCUT2D eigenvalue weighted by atomic mass is 19.2. The molecule has 0 aromatic heterocycles. The Morgan fingerprint density at radius 3 is 1.22 bits per heavy atom. The third-order valence-electron chi connectivity index (χ3n) is 2.92. The van der Waals surface area contributed by atoms with Crippen LogP contribution < -0.4 is 0 Å². The summed E-state index contributed by atoms with van der Waals surface area (Å²) < 4.78 is 52.6. The molecule has 0 fully saturated rings. The molecule has 0 aliphatic rings. The van der Waals surface area contributed by atoms with Gasteiger partial charge in [0.25, 0.3) is 0 Å². The highest BCUT2D eigenvalue weighted by Gasteiger charge is 2.10. The van der Waals surface area contributed by atoms with Crippen LogP contribution in [0.5, 0.6) is 0 Å². The van der Waals surface area contributed by atoms with Gasteiger partial charge in [0.05, 0.1) is 0 Å². The zero-order chi connectivity index (χ0) is 12.9. The molecule has 0 atom stereocenters. The Morgan fingerprint density at radius 2 is 0.833 bits per heavy atom. The van der Waals surface area contributed by atoms with Gasteiger partial charge in [0.2, 0.25) is 0 Å². The van der Waals surface area contributed by atoms with Crippen molar-refractivity contribution in [3.05, 3.63) is 59.7 Å². The first-order valence-corrected chi connectivity index (χ1v) is 5.23. The highest BCUT2D eigenvalue weighted by molar-refractivity contribution is 6.07. The van der Waals surface area contributed by atoms with E-state index in [1.165, 1.54) is 12.1 Å². The predicted octanol–water partition coefficient (Wildman–Crippen LogP) is 4.55. The Hall–Kier alpha value is -2.10. The average molecular weight is 250 g/mol. The van der Waals surface area contributed by atoms with Gasteiger partial charge in [-0.3, -0.25) is 0 Å². The zero-order valence-corrected chi connectivity index (χ0v) is 8.98. The van der Waals surface area contributed by atoms with Gasteiger partial charge in [-0.1, -0.05) is 12.1 Å². The third-order valence-corrected chi connectivity index (χ3v) is 2.92. The molecule has 0 bridgehead atoms. The van der Waals surface area contributed by atoms with E-state index >= 15 is 0 Å². The maximum Gasteiger partial charge on any atom is 0.159 e. The molecule has 90 valence electrons. The smallest absolute Gasteiger partial charge is 0.159 e. The molecule has 3 rings (SSSR count). The normalized spacial score (nSPS) is 11.3. The van der Waals surface area contributed by atoms with Crippen molar-refractivity contribution < 1.29 is 17.6 Å². The SMILES string of the molecule is Fc1cc2ccc3cc(F)c(F)cc3c2cc1F. The van der Waals surface area contributed by atoms with Gasteiger partial charge in [0.15, 0.2) is 23.3 Å². The molecule has 0 radical (unpaired) electrons. The van der Waals surface area contributed by atoms with Crippen LogP contribution in [0.4, 0.5) is 17.6 Å². The molecule has 0 nitrogen and oxygen atoms in total. The Bertz CT molecular complexity index is 711. The Balaban J connectivity index is 2.52. The van der Waals surface area contributed by atoms with Gasteiger partial charge in [-0.05, 0) is 45.8 Å². The van der Waals surface area contributed by atoms with Crippen LogP contribution in [0, 0.1) is 23.3 Å². The molecular formula is C14H6F4. The van der Waals surface area contributed by atoms with Crippen LogP contribution in [-0.2, 0) is 0 Å². The number of hydrogen-bond donors (Lipinski definition) is 0. The molecule has 0 heterocycles. The van der Waals surface area contributed by atoms with Crippen molar-refractivity contribution in [3.63, 3.8) is 0 Å². The van der Waals surface area contributed by atoms with Crippen molar-refractivity contribution in [2.24, 2.45) is 0 Å². The molecule has 3 aromatic rings. The molecular weight excluding hydrogens is 244 g/mol. The monoisotopic (exact) mass is 250 g/mol. The van der Waals surface area contributed by atoms with E-state index in [0.717, 1.165) is 24.3 Å². The summed E-state index contributed by atoms with van der Waals surface area (Å²) in [5.74, 6) is -3.96. The molecule has 4 heteroatoms. The predicted molar refractivity (Wildman–Crippen MR) is 61.3 cm³/mol. The molecule has 0 N–H and O–H groups in total. The van der Waals surface area contributed by atoms with E-state index < -0.39 is 23.3 Å². The van der Waals surface area contributed by atoms with Crippen molar-refractivity contribution in [2.75, 3.05) is 0 Å². The minimum atomic E-state index is -1.01. The summed E-state index contributed by atoms with van der Waals surface area (Å²) in [7, 11) is 0. The van der Waals surface area contributed by atoms with E-state index in [4.69, 9.17) is 0 Å². The molecule has 0 unspecified atom stereocenters. The molecule has 0 spiro atoms. The zero-order valence-electron chi connectivity index (χ0n) is 8.98. The first-order valence-electron chi connectivity index (χ1n) is 5.23. The van der Waals surface area contributed by atoms with E-state index in [0.29, 0.717) is 21.5 Å². The van der Waals surface area contributed by atoms with Gasteiger partial charge >= 0.3 is 0 Å². The van der Waals surface area contributed by atoms with E-state index in [1.807, 2.05) is 0 Å². The lowest BCUT2D eigenvalue weighted by atomic mass is 10.0. The second-order valence-corrected chi connectivity index (χ2v) is 4.04. The quantitative estimate of drug-likeness (QED) is 0.405. The first kappa shape index (κ1) is 11.0. The molecule has 18 heavy (non-hydrogen) atoms. The molecule has 0 saturated heterocycles. The topological polar surface area (TPSA) is 0 Å². The summed E-state index contributed by atoms with van der Waals surface area (Å²) in [5, 5.41) is 1.58. The maximum absolute atomic E-state index is 13.2. The molecule has 0 amide bonds. The van der Waals surface area contributed by atoms with Crippen molar-refractivity contribution in [1.82, 2.24) is 0 Å². The van der Waals surface area contributed by atoms with Crippen LogP contribution in [0.3, 0.4) is 0 Å². The van der Waals surface area contributed by atoms with E-state index in [9.17, 15) is 17.6 Å². The van der Waals surface area contributed by atoms with Crippen molar-refractivity contribution in [1.29, 1.82) is 0 Å². The molecule has 0 aliphatic carbocycles. The number of hydrogen-bond acceptors (Lipinski definition) is 0. The fourth-order valence-electron chi connectivity index (χ4n) is 2.05. The second kappa shape index (κ2) is 3.70. The van der Waals surface area contributed by atoms with Crippen LogP contribution in [0.15, 0.2) is 36.4 Å². The number of benzene rings is 3. The maximum atomic E-state index is 13.2. The summed E-state index contributed by atoms with van der Waals surface area (Å²) in [5.41, 5.74) is 0. The van der Waals surface area contributed by atoms with Crippen LogP contribution in [0.1, 0.15) is 0 Å². The van der Waals surface area contributed by atoms with Gasteiger partial charge < -0.3 is 0 Å². The Kier molecular flexibility index (Phi) is 2.26. The van der Waals surface area contributed by atoms with Crippen molar-refractivity contribution >= 4 is 21.5 Å². The van der Waals surface area contributed by atoms with E-state index in [2.05, 4.69) is 0 Å². The lowest BCUT2D eigenvalue weighted by Crippen LogP contribution is -1.88. The minimum Gasteiger partial charge on any atom is -0.204 e. The van der Waals surface area contributed by atoms with E-state index in [-0.39, 0.29) is 0 Å². The standard InChI is InChI=1S/C14H6F4/c15-11-3-7-1-2-8-4-12(16)14(18)6-10(8)9(7)5-13(11)17/h1-6H. The van der Waals surface area contributed by atoms with Gasteiger partial charge in [-0.2, -0.15) is 0 Å². The van der Waals surface area contributed by atoms with Crippen LogP contribution in [0.25, 0.3) is 21.5 Å². The summed E-state index contributed by atoms with van der Waals surface area (Å²) in [4.78, 5) is 0. The van der Waals surface area contributed by atoms with Crippen LogP contribution in [0.2, 0.25) is 0 Å². The molecule has 0 aliphatic heterocycles. The van der Waals surface area contributed by atoms with Gasteiger partial charge in [-0.25, -0.2) is 17.6 Å². The van der Waals surface area contributed by atoms with Crippen molar-refractivity contribution in [3.8, 4) is 0 Å². The van der Waals surface area contributed by atoms with Crippen molar-refractivity contribution in [2.45, 2.75) is 0 Å². The van der Waals surface area contributed by atoms with Gasteiger partial charge in [0.1, 0.15) is 0 Å². The fourth-order valence-corrected chi connectivity index (χ4v) is 2.05. The molecule has 0 saturated carbocycles. The molecule has 3 aromatic carbocycles. The lowest BCUT2D eigenvalue weighted by Gasteiger charge is -2.05. The largest absolute Gasteiger partial charge is 0.204 e. The lowest BCUT2D eigenvalue weighted by molar-refractivity contribution is 0.510.